The minimum atomic E-state index is -1.15. The van der Waals surface area contributed by atoms with Crippen molar-refractivity contribution in [2.45, 2.75) is 31.6 Å². The average molecular weight is 363 g/mol. The van der Waals surface area contributed by atoms with E-state index in [1.54, 1.807) is 0 Å². The molecule has 4 heteroatoms. The summed E-state index contributed by atoms with van der Waals surface area (Å²) in [6.45, 7) is 5.88. The Morgan fingerprint density at radius 2 is 1.12 bits per heavy atom. The van der Waals surface area contributed by atoms with Gasteiger partial charge in [0.15, 0.2) is 0 Å². The molecule has 1 unspecified atom stereocenters. The Morgan fingerprint density at radius 3 is 1.50 bits per heavy atom. The second-order valence-corrected chi connectivity index (χ2v) is 7.35. The summed E-state index contributed by atoms with van der Waals surface area (Å²) in [5.74, 6) is -1.15. The summed E-state index contributed by atoms with van der Waals surface area (Å²) in [6, 6.07) is 19.2. The van der Waals surface area contributed by atoms with Gasteiger partial charge in [0.25, 0.3) is 0 Å². The van der Waals surface area contributed by atoms with Gasteiger partial charge in [-0.2, -0.15) is 0 Å². The van der Waals surface area contributed by atoms with Crippen LogP contribution in [0.1, 0.15) is 31.9 Å². The van der Waals surface area contributed by atoms with E-state index in [2.05, 4.69) is 0 Å². The van der Waals surface area contributed by atoms with Crippen molar-refractivity contribution in [3.8, 4) is 0 Å². The largest absolute Gasteiger partial charge is 0.280 e. The van der Waals surface area contributed by atoms with E-state index in [0.717, 1.165) is 11.1 Å². The van der Waals surface area contributed by atoms with E-state index >= 15 is 0 Å². The molecule has 24 heavy (non-hydrogen) atoms. The lowest BCUT2D eigenvalue weighted by Gasteiger charge is -2.48. The molecule has 0 aromatic heterocycles. The molecule has 0 amide bonds. The van der Waals surface area contributed by atoms with Crippen LogP contribution in [-0.4, -0.2) is 10.5 Å². The lowest BCUT2D eigenvalue weighted by atomic mass is 9.55. The van der Waals surface area contributed by atoms with Crippen LogP contribution in [0.3, 0.4) is 0 Å². The molecule has 0 N–H and O–H groups in total. The highest BCUT2D eigenvalue weighted by Crippen LogP contribution is 2.50. The third-order valence-corrected chi connectivity index (χ3v) is 5.63. The smallest absolute Gasteiger partial charge is 0.234 e. The predicted molar refractivity (Wildman–Crippen MR) is 98.5 cm³/mol. The molecule has 0 aliphatic rings. The van der Waals surface area contributed by atoms with Crippen LogP contribution in [0, 0.1) is 5.92 Å². The summed E-state index contributed by atoms with van der Waals surface area (Å²) < 4.78 is 0. The van der Waals surface area contributed by atoms with Gasteiger partial charge in [-0.05, 0) is 34.3 Å². The predicted octanol–water partition coefficient (Wildman–Crippen LogP) is 5.07. The molecule has 0 heterocycles. The summed E-state index contributed by atoms with van der Waals surface area (Å²) in [6.07, 6.45) is 0. The summed E-state index contributed by atoms with van der Waals surface area (Å²) >= 11 is 11.6. The van der Waals surface area contributed by atoms with Gasteiger partial charge in [0.1, 0.15) is 5.92 Å². The van der Waals surface area contributed by atoms with Crippen LogP contribution in [0.25, 0.3) is 0 Å². The quantitative estimate of drug-likeness (QED) is 0.530. The van der Waals surface area contributed by atoms with Crippen molar-refractivity contribution in [3.63, 3.8) is 0 Å². The second-order valence-electron chi connectivity index (χ2n) is 6.60. The Hall–Kier alpha value is -1.64. The molecular weight excluding hydrogens is 343 g/mol. The van der Waals surface area contributed by atoms with Crippen molar-refractivity contribution in [1.29, 1.82) is 0 Å². The van der Waals surface area contributed by atoms with Gasteiger partial charge in [-0.1, -0.05) is 81.4 Å². The third-order valence-electron chi connectivity index (χ3n) is 5.20. The van der Waals surface area contributed by atoms with Crippen LogP contribution in [0.5, 0.6) is 0 Å². The van der Waals surface area contributed by atoms with Crippen LogP contribution in [0.15, 0.2) is 60.7 Å². The van der Waals surface area contributed by atoms with Gasteiger partial charge in [-0.3, -0.25) is 9.59 Å². The molecule has 0 saturated heterocycles. The molecule has 2 rings (SSSR count). The van der Waals surface area contributed by atoms with Crippen LogP contribution in [0.2, 0.25) is 0 Å². The number of hydrogen-bond acceptors (Lipinski definition) is 2. The van der Waals surface area contributed by atoms with Gasteiger partial charge in [-0.25, -0.2) is 0 Å². The highest BCUT2D eigenvalue weighted by molar-refractivity contribution is 6.73. The molecule has 2 nitrogen and oxygen atoms in total. The highest BCUT2D eigenvalue weighted by Gasteiger charge is 2.53. The first kappa shape index (κ1) is 18.7. The molecule has 1 atom stereocenters. The van der Waals surface area contributed by atoms with E-state index < -0.39 is 27.2 Å². The Labute approximate surface area is 152 Å². The molecule has 0 aliphatic carbocycles. The van der Waals surface area contributed by atoms with Gasteiger partial charge < -0.3 is 0 Å². The Morgan fingerprint density at radius 1 is 0.750 bits per heavy atom. The van der Waals surface area contributed by atoms with E-state index in [1.807, 2.05) is 81.4 Å². The minimum Gasteiger partial charge on any atom is -0.280 e. The fourth-order valence-electron chi connectivity index (χ4n) is 3.37. The van der Waals surface area contributed by atoms with Crippen molar-refractivity contribution in [1.82, 2.24) is 0 Å². The SMILES string of the molecule is CC(C)(c1ccccc1)C(C)(c1ccccc1)C(C(=O)Cl)C(=O)Cl. The van der Waals surface area contributed by atoms with Crippen LogP contribution in [0.4, 0.5) is 0 Å². The van der Waals surface area contributed by atoms with E-state index in [-0.39, 0.29) is 0 Å². The summed E-state index contributed by atoms with van der Waals surface area (Å²) in [7, 11) is 0. The topological polar surface area (TPSA) is 34.1 Å². The first-order chi connectivity index (χ1) is 11.2. The first-order valence-electron chi connectivity index (χ1n) is 7.72. The summed E-state index contributed by atoms with van der Waals surface area (Å²) in [4.78, 5) is 24.3. The normalized spacial score (nSPS) is 14.2. The fourth-order valence-corrected chi connectivity index (χ4v) is 4.06. The Bertz CT molecular complexity index is 712. The van der Waals surface area contributed by atoms with E-state index in [1.165, 1.54) is 0 Å². The third kappa shape index (κ3) is 3.13. The molecule has 2 aromatic carbocycles. The van der Waals surface area contributed by atoms with E-state index in [0.29, 0.717) is 0 Å². The van der Waals surface area contributed by atoms with Crippen molar-refractivity contribution in [2.75, 3.05) is 0 Å². The van der Waals surface area contributed by atoms with Gasteiger partial charge in [0.05, 0.1) is 0 Å². The average Bonchev–Trinajstić information content (AvgIpc) is 2.55. The van der Waals surface area contributed by atoms with E-state index in [4.69, 9.17) is 23.2 Å². The molecule has 126 valence electrons. The zero-order chi connectivity index (χ0) is 18.0. The molecule has 0 fully saturated rings. The maximum Gasteiger partial charge on any atom is 0.234 e. The zero-order valence-electron chi connectivity index (χ0n) is 13.9. The zero-order valence-corrected chi connectivity index (χ0v) is 15.4. The van der Waals surface area contributed by atoms with E-state index in [9.17, 15) is 9.59 Å². The molecule has 0 bridgehead atoms. The van der Waals surface area contributed by atoms with Crippen molar-refractivity contribution >= 4 is 33.7 Å². The van der Waals surface area contributed by atoms with Crippen molar-refractivity contribution < 1.29 is 9.59 Å². The maximum atomic E-state index is 12.1. The number of rotatable bonds is 6. The monoisotopic (exact) mass is 362 g/mol. The summed E-state index contributed by atoms with van der Waals surface area (Å²) in [5, 5.41) is -1.49. The molecule has 0 aliphatic heterocycles. The Kier molecular flexibility index (Phi) is 5.52. The molecule has 0 saturated carbocycles. The maximum absolute atomic E-state index is 12.1. The fraction of sp³-hybridized carbons (Fsp3) is 0.300. The highest BCUT2D eigenvalue weighted by atomic mass is 35.5. The van der Waals surface area contributed by atoms with Crippen molar-refractivity contribution in [3.05, 3.63) is 71.8 Å². The van der Waals surface area contributed by atoms with Gasteiger partial charge in [0.2, 0.25) is 10.5 Å². The van der Waals surface area contributed by atoms with Crippen molar-refractivity contribution in [2.24, 2.45) is 5.92 Å². The number of carbonyl (C=O) groups excluding carboxylic acids is 2. The van der Waals surface area contributed by atoms with Crippen LogP contribution < -0.4 is 0 Å². The molecule has 0 spiro atoms. The molecule has 0 radical (unpaired) electrons. The lowest BCUT2D eigenvalue weighted by molar-refractivity contribution is -0.128. The minimum absolute atomic E-state index is 0.574. The first-order valence-corrected chi connectivity index (χ1v) is 8.48. The van der Waals surface area contributed by atoms with Gasteiger partial charge >= 0.3 is 0 Å². The number of hydrogen-bond donors (Lipinski definition) is 0. The Balaban J connectivity index is 2.77. The van der Waals surface area contributed by atoms with Crippen LogP contribution >= 0.6 is 23.2 Å². The lowest BCUT2D eigenvalue weighted by Crippen LogP contribution is -2.52. The van der Waals surface area contributed by atoms with Gasteiger partial charge in [-0.15, -0.1) is 0 Å². The summed E-state index contributed by atoms with van der Waals surface area (Å²) in [5.41, 5.74) is 0.354. The second kappa shape index (κ2) is 7.08. The molecular formula is C20H20Cl2O2. The van der Waals surface area contributed by atoms with Crippen LogP contribution in [-0.2, 0) is 20.4 Å². The number of carbonyl (C=O) groups is 2. The van der Waals surface area contributed by atoms with Gasteiger partial charge in [0, 0.05) is 10.8 Å². The number of benzene rings is 2. The standard InChI is InChI=1S/C20H20Cl2O2/c1-19(2,14-10-6-4-7-11-14)20(3,15-12-8-5-9-13-15)16(17(21)23)18(22)24/h4-13,16H,1-3H3. The number of halogens is 2. The molecule has 2 aromatic rings.